The third-order valence-electron chi connectivity index (χ3n) is 4.32. The number of amides is 1. The summed E-state index contributed by atoms with van der Waals surface area (Å²) in [5.74, 6) is -0.585. The van der Waals surface area contributed by atoms with Gasteiger partial charge in [-0.1, -0.05) is 27.5 Å². The van der Waals surface area contributed by atoms with Crippen molar-refractivity contribution in [3.05, 3.63) is 57.0 Å². The molecule has 0 aliphatic carbocycles. The van der Waals surface area contributed by atoms with E-state index in [0.717, 1.165) is 12.1 Å². The molecule has 2 N–H and O–H groups in total. The highest BCUT2D eigenvalue weighted by atomic mass is 79.9. The molecule has 0 unspecified atom stereocenters. The number of carbonyl (C=O) groups excluding carboxylic acids is 1. The Morgan fingerprint density at radius 1 is 1.17 bits per heavy atom. The van der Waals surface area contributed by atoms with E-state index >= 15 is 0 Å². The number of nitrogens with one attached hydrogen (secondary N) is 2. The number of morpholine rings is 1. The van der Waals surface area contributed by atoms with Crippen LogP contribution >= 0.6 is 39.7 Å². The number of carbonyl (C=O) groups is 1. The zero-order valence-electron chi connectivity index (χ0n) is 15.4. The summed E-state index contributed by atoms with van der Waals surface area (Å²) in [4.78, 5) is 14.4. The van der Waals surface area contributed by atoms with Gasteiger partial charge in [-0.15, -0.1) is 0 Å². The number of hydrogen-bond acceptors (Lipinski definition) is 4. The molecule has 1 aliphatic heterocycles. The number of hydrogen-bond donors (Lipinski definition) is 2. The molecule has 1 fully saturated rings. The average Bonchev–Trinajstić information content (AvgIpc) is 2.69. The molecule has 1 amide bonds. The van der Waals surface area contributed by atoms with Crippen molar-refractivity contribution in [1.29, 1.82) is 0 Å². The van der Waals surface area contributed by atoms with Crippen molar-refractivity contribution >= 4 is 62.1 Å². The molecule has 11 heteroatoms. The minimum atomic E-state index is -4.52. The van der Waals surface area contributed by atoms with E-state index < -0.39 is 17.6 Å². The molecule has 0 saturated carbocycles. The summed E-state index contributed by atoms with van der Waals surface area (Å²) in [7, 11) is 0. The Morgan fingerprint density at radius 2 is 1.87 bits per heavy atom. The van der Waals surface area contributed by atoms with Crippen molar-refractivity contribution in [2.75, 3.05) is 36.5 Å². The van der Waals surface area contributed by atoms with E-state index in [2.05, 4.69) is 26.6 Å². The fourth-order valence-corrected chi connectivity index (χ4v) is 3.66. The molecule has 1 aliphatic rings. The Balaban J connectivity index is 1.83. The molecule has 160 valence electrons. The number of anilines is 2. The number of ether oxygens (including phenoxy) is 1. The Bertz CT molecular complexity index is 969. The number of benzene rings is 2. The molecule has 1 saturated heterocycles. The molecular formula is C19H16BrClF3N3O2S. The molecule has 30 heavy (non-hydrogen) atoms. The van der Waals surface area contributed by atoms with Crippen molar-refractivity contribution in [1.82, 2.24) is 5.32 Å². The zero-order valence-corrected chi connectivity index (χ0v) is 18.5. The van der Waals surface area contributed by atoms with Gasteiger partial charge in [-0.2, -0.15) is 13.2 Å². The largest absolute Gasteiger partial charge is 0.416 e. The molecule has 3 rings (SSSR count). The maximum Gasteiger partial charge on any atom is 0.416 e. The topological polar surface area (TPSA) is 53.6 Å². The number of thiocarbonyl (C=S) groups is 1. The maximum atomic E-state index is 13.2. The van der Waals surface area contributed by atoms with Crippen LogP contribution in [0.25, 0.3) is 0 Å². The molecule has 1 heterocycles. The summed E-state index contributed by atoms with van der Waals surface area (Å²) in [5, 5.41) is 5.24. The Hall–Kier alpha value is -1.88. The first-order valence-electron chi connectivity index (χ1n) is 8.76. The smallest absolute Gasteiger partial charge is 0.378 e. The Labute approximate surface area is 189 Å². The molecular weight excluding hydrogens is 507 g/mol. The second-order valence-corrected chi connectivity index (χ2v) is 8.09. The van der Waals surface area contributed by atoms with Crippen molar-refractivity contribution in [3.63, 3.8) is 0 Å². The standard InChI is InChI=1S/C19H16BrClF3N3O2S/c20-12-2-3-14(21)13(10-12)17(28)26-18(30)25-15-9-11(19(22,23)24)1-4-16(15)27-5-7-29-8-6-27/h1-4,9-10H,5-8H2,(H2,25,26,28,30). The van der Waals surface area contributed by atoms with Gasteiger partial charge in [0.1, 0.15) is 0 Å². The summed E-state index contributed by atoms with van der Waals surface area (Å²) in [6.07, 6.45) is -4.52. The lowest BCUT2D eigenvalue weighted by molar-refractivity contribution is -0.137. The predicted octanol–water partition coefficient (Wildman–Crippen LogP) is 5.08. The normalized spacial score (nSPS) is 14.4. The SMILES string of the molecule is O=C(NC(=S)Nc1cc(C(F)(F)F)ccc1N1CCOCC1)c1cc(Br)ccc1Cl. The average molecular weight is 523 g/mol. The van der Waals surface area contributed by atoms with Gasteiger partial charge < -0.3 is 15.0 Å². The van der Waals surface area contributed by atoms with E-state index in [9.17, 15) is 18.0 Å². The van der Waals surface area contributed by atoms with Gasteiger partial charge in [-0.05, 0) is 48.6 Å². The monoisotopic (exact) mass is 521 g/mol. The van der Waals surface area contributed by atoms with Gasteiger partial charge in [0, 0.05) is 17.6 Å². The van der Waals surface area contributed by atoms with Gasteiger partial charge in [-0.3, -0.25) is 10.1 Å². The molecule has 0 aromatic heterocycles. The molecule has 2 aromatic rings. The number of alkyl halides is 3. The first-order chi connectivity index (χ1) is 14.1. The van der Waals surface area contributed by atoms with Crippen LogP contribution in [0.1, 0.15) is 15.9 Å². The van der Waals surface area contributed by atoms with E-state index in [1.165, 1.54) is 12.1 Å². The van der Waals surface area contributed by atoms with Gasteiger partial charge in [-0.25, -0.2) is 0 Å². The quantitative estimate of drug-likeness (QED) is 0.551. The Morgan fingerprint density at radius 3 is 2.53 bits per heavy atom. The number of nitrogens with zero attached hydrogens (tertiary/aromatic N) is 1. The van der Waals surface area contributed by atoms with Gasteiger partial charge in [0.15, 0.2) is 5.11 Å². The predicted molar refractivity (Wildman–Crippen MR) is 117 cm³/mol. The fourth-order valence-electron chi connectivity index (χ4n) is 2.89. The molecule has 0 radical (unpaired) electrons. The summed E-state index contributed by atoms with van der Waals surface area (Å²) in [6, 6.07) is 8.09. The van der Waals surface area contributed by atoms with Crippen molar-refractivity contribution in [2.24, 2.45) is 0 Å². The highest BCUT2D eigenvalue weighted by Crippen LogP contribution is 2.35. The van der Waals surface area contributed by atoms with E-state index in [1.54, 1.807) is 12.1 Å². The van der Waals surface area contributed by atoms with Gasteiger partial charge in [0.05, 0.1) is 40.7 Å². The summed E-state index contributed by atoms with van der Waals surface area (Å²) < 4.78 is 45.6. The minimum Gasteiger partial charge on any atom is -0.378 e. The van der Waals surface area contributed by atoms with Crippen LogP contribution in [-0.4, -0.2) is 37.3 Å². The van der Waals surface area contributed by atoms with E-state index in [0.29, 0.717) is 36.5 Å². The lowest BCUT2D eigenvalue weighted by atomic mass is 10.1. The zero-order chi connectivity index (χ0) is 21.9. The maximum absolute atomic E-state index is 13.2. The lowest BCUT2D eigenvalue weighted by Gasteiger charge is -2.31. The van der Waals surface area contributed by atoms with Crippen molar-refractivity contribution in [2.45, 2.75) is 6.18 Å². The van der Waals surface area contributed by atoms with Gasteiger partial charge in [0.2, 0.25) is 0 Å². The third-order valence-corrected chi connectivity index (χ3v) is 5.35. The third kappa shape index (κ3) is 5.63. The second-order valence-electron chi connectivity index (χ2n) is 6.36. The number of rotatable bonds is 3. The number of halogens is 5. The van der Waals surface area contributed by atoms with Crippen LogP contribution in [0, 0.1) is 0 Å². The molecule has 2 aromatic carbocycles. The second kappa shape index (κ2) is 9.51. The van der Waals surface area contributed by atoms with Crippen LogP contribution in [0.15, 0.2) is 40.9 Å². The van der Waals surface area contributed by atoms with Crippen LogP contribution in [-0.2, 0) is 10.9 Å². The summed E-state index contributed by atoms with van der Waals surface area (Å²) >= 11 is 14.5. The van der Waals surface area contributed by atoms with Crippen LogP contribution in [0.4, 0.5) is 24.5 Å². The first-order valence-corrected chi connectivity index (χ1v) is 10.3. The van der Waals surface area contributed by atoms with Gasteiger partial charge in [0.25, 0.3) is 5.91 Å². The summed E-state index contributed by atoms with van der Waals surface area (Å²) in [6.45, 7) is 1.96. The first kappa shape index (κ1) is 22.8. The summed E-state index contributed by atoms with van der Waals surface area (Å²) in [5.41, 5.74) is 0.0135. The van der Waals surface area contributed by atoms with Gasteiger partial charge >= 0.3 is 6.18 Å². The highest BCUT2D eigenvalue weighted by Gasteiger charge is 2.32. The molecule has 0 atom stereocenters. The Kier molecular flexibility index (Phi) is 7.22. The fraction of sp³-hybridized carbons (Fsp3) is 0.263. The van der Waals surface area contributed by atoms with E-state index in [-0.39, 0.29) is 21.4 Å². The van der Waals surface area contributed by atoms with Crippen LogP contribution < -0.4 is 15.5 Å². The van der Waals surface area contributed by atoms with Crippen molar-refractivity contribution < 1.29 is 22.7 Å². The van der Waals surface area contributed by atoms with Crippen LogP contribution in [0.5, 0.6) is 0 Å². The van der Waals surface area contributed by atoms with E-state index in [4.69, 9.17) is 28.6 Å². The molecule has 5 nitrogen and oxygen atoms in total. The van der Waals surface area contributed by atoms with Crippen molar-refractivity contribution in [3.8, 4) is 0 Å². The van der Waals surface area contributed by atoms with E-state index in [1.807, 2.05) is 4.90 Å². The minimum absolute atomic E-state index is 0.136. The van der Waals surface area contributed by atoms with Crippen LogP contribution in [0.2, 0.25) is 5.02 Å². The van der Waals surface area contributed by atoms with Crippen LogP contribution in [0.3, 0.4) is 0 Å². The lowest BCUT2D eigenvalue weighted by Crippen LogP contribution is -2.38. The molecule has 0 bridgehead atoms. The molecule has 0 spiro atoms. The highest BCUT2D eigenvalue weighted by molar-refractivity contribution is 9.10.